The van der Waals surface area contributed by atoms with E-state index in [9.17, 15) is 27.2 Å². The summed E-state index contributed by atoms with van der Waals surface area (Å²) in [5, 5.41) is 10.3. The van der Waals surface area contributed by atoms with Crippen LogP contribution in [0, 0.1) is 11.8 Å². The maximum Gasteiger partial charge on any atom is 0.383 e. The van der Waals surface area contributed by atoms with Gasteiger partial charge in [-0.3, -0.25) is 9.59 Å². The highest BCUT2D eigenvalue weighted by Crippen LogP contribution is 2.23. The minimum atomic E-state index is -4.76. The first kappa shape index (κ1) is 17.7. The molecule has 0 saturated heterocycles. The number of nitrogens with one attached hydrogen (secondary N) is 1. The van der Waals surface area contributed by atoms with Gasteiger partial charge in [-0.25, -0.2) is 8.78 Å². The highest BCUT2D eigenvalue weighted by atomic mass is 19.3. The molecule has 8 heteroatoms. The number of halogens is 4. The number of carboxylic acids is 1. The Hall–Kier alpha value is -1.34. The highest BCUT2D eigenvalue weighted by molar-refractivity contribution is 5.83. The molecule has 0 aliphatic carbocycles. The van der Waals surface area contributed by atoms with Crippen molar-refractivity contribution in [3.05, 3.63) is 0 Å². The van der Waals surface area contributed by atoms with Crippen LogP contribution in [0.25, 0.3) is 0 Å². The fourth-order valence-corrected chi connectivity index (χ4v) is 1.61. The predicted molar refractivity (Wildman–Crippen MR) is 59.2 cm³/mol. The Morgan fingerprint density at radius 2 is 1.79 bits per heavy atom. The molecule has 112 valence electrons. The molecule has 0 aliphatic rings. The standard InChI is InChI=1S/C11H17F4NO3/c1-6(2)3-7(4-8(17)18)5-16-10(19)11(14,15)9(12)13/h6-7,9H,3-5H2,1-2H3,(H,16,19)(H,17,18)/t7-/m0/s1. The zero-order valence-electron chi connectivity index (χ0n) is 10.6. The maximum atomic E-state index is 12.6. The van der Waals surface area contributed by atoms with Gasteiger partial charge in [0.1, 0.15) is 0 Å². The van der Waals surface area contributed by atoms with Gasteiger partial charge in [0.05, 0.1) is 0 Å². The van der Waals surface area contributed by atoms with Gasteiger partial charge in [-0.15, -0.1) is 0 Å². The van der Waals surface area contributed by atoms with E-state index in [-0.39, 0.29) is 18.9 Å². The van der Waals surface area contributed by atoms with E-state index < -0.39 is 30.1 Å². The van der Waals surface area contributed by atoms with Gasteiger partial charge < -0.3 is 10.4 Å². The fourth-order valence-electron chi connectivity index (χ4n) is 1.61. The molecular formula is C11H17F4NO3. The van der Waals surface area contributed by atoms with Crippen LogP contribution in [-0.2, 0) is 9.59 Å². The average Bonchev–Trinajstić information content (AvgIpc) is 2.23. The minimum Gasteiger partial charge on any atom is -0.481 e. The molecule has 0 fully saturated rings. The quantitative estimate of drug-likeness (QED) is 0.672. The van der Waals surface area contributed by atoms with Gasteiger partial charge in [-0.1, -0.05) is 13.8 Å². The lowest BCUT2D eigenvalue weighted by Crippen LogP contribution is -2.46. The molecule has 0 aromatic carbocycles. The van der Waals surface area contributed by atoms with Crippen LogP contribution in [0.1, 0.15) is 26.7 Å². The van der Waals surface area contributed by atoms with Crippen LogP contribution in [0.4, 0.5) is 17.6 Å². The molecule has 1 amide bonds. The maximum absolute atomic E-state index is 12.6. The second-order valence-electron chi connectivity index (χ2n) is 4.73. The first-order valence-electron chi connectivity index (χ1n) is 5.73. The normalized spacial score (nSPS) is 13.7. The summed E-state index contributed by atoms with van der Waals surface area (Å²) >= 11 is 0. The summed E-state index contributed by atoms with van der Waals surface area (Å²) in [6.45, 7) is 3.22. The van der Waals surface area contributed by atoms with Gasteiger partial charge in [-0.05, 0) is 18.3 Å². The van der Waals surface area contributed by atoms with Gasteiger partial charge in [0, 0.05) is 13.0 Å². The molecule has 0 radical (unpaired) electrons. The number of carbonyl (C=O) groups is 2. The third kappa shape index (κ3) is 6.40. The van der Waals surface area contributed by atoms with Crippen molar-refractivity contribution in [3.63, 3.8) is 0 Å². The van der Waals surface area contributed by atoms with E-state index in [1.807, 2.05) is 0 Å². The molecule has 0 aliphatic heterocycles. The summed E-state index contributed by atoms with van der Waals surface area (Å²) in [6, 6.07) is 0. The topological polar surface area (TPSA) is 66.4 Å². The third-order valence-electron chi connectivity index (χ3n) is 2.40. The summed E-state index contributed by atoms with van der Waals surface area (Å²) in [4.78, 5) is 21.5. The van der Waals surface area contributed by atoms with Crippen molar-refractivity contribution in [1.29, 1.82) is 0 Å². The Bertz CT molecular complexity index is 321. The molecule has 0 unspecified atom stereocenters. The molecule has 0 aromatic rings. The van der Waals surface area contributed by atoms with Gasteiger partial charge >= 0.3 is 18.3 Å². The Kier molecular flexibility index (Phi) is 6.78. The Morgan fingerprint density at radius 3 is 2.16 bits per heavy atom. The number of carbonyl (C=O) groups excluding carboxylic acids is 1. The monoisotopic (exact) mass is 287 g/mol. The second-order valence-corrected chi connectivity index (χ2v) is 4.73. The largest absolute Gasteiger partial charge is 0.481 e. The van der Waals surface area contributed by atoms with Gasteiger partial charge in [0.25, 0.3) is 5.91 Å². The lowest BCUT2D eigenvalue weighted by molar-refractivity contribution is -0.169. The fraction of sp³-hybridized carbons (Fsp3) is 0.818. The summed E-state index contributed by atoms with van der Waals surface area (Å²) in [5.41, 5.74) is 0. The third-order valence-corrected chi connectivity index (χ3v) is 2.40. The number of hydrogen-bond donors (Lipinski definition) is 2. The number of rotatable bonds is 8. The van der Waals surface area contributed by atoms with Crippen LogP contribution >= 0.6 is 0 Å². The van der Waals surface area contributed by atoms with Crippen molar-refractivity contribution in [2.45, 2.75) is 39.0 Å². The SMILES string of the molecule is CC(C)C[C@H](CNC(=O)C(F)(F)C(F)F)CC(=O)O. The number of carboxylic acid groups (broad SMARTS) is 1. The average molecular weight is 287 g/mol. The van der Waals surface area contributed by atoms with Crippen LogP contribution in [0.5, 0.6) is 0 Å². The van der Waals surface area contributed by atoms with Crippen molar-refractivity contribution < 1.29 is 32.3 Å². The van der Waals surface area contributed by atoms with Gasteiger partial charge in [0.2, 0.25) is 0 Å². The molecule has 0 aromatic heterocycles. The summed E-state index contributed by atoms with van der Waals surface area (Å²) in [5.74, 6) is -8.46. The van der Waals surface area contributed by atoms with Crippen LogP contribution < -0.4 is 5.32 Å². The van der Waals surface area contributed by atoms with E-state index in [0.29, 0.717) is 6.42 Å². The van der Waals surface area contributed by atoms with E-state index >= 15 is 0 Å². The summed E-state index contributed by atoms with van der Waals surface area (Å²) in [7, 11) is 0. The number of amides is 1. The number of alkyl halides is 4. The zero-order chi connectivity index (χ0) is 15.2. The van der Waals surface area contributed by atoms with Crippen LogP contribution in [-0.4, -0.2) is 35.9 Å². The molecule has 0 spiro atoms. The van der Waals surface area contributed by atoms with Crippen LogP contribution in [0.15, 0.2) is 0 Å². The molecule has 2 N–H and O–H groups in total. The van der Waals surface area contributed by atoms with Crippen LogP contribution in [0.3, 0.4) is 0 Å². The Balaban J connectivity index is 4.46. The summed E-state index contributed by atoms with van der Waals surface area (Å²) in [6.07, 6.45) is -4.03. The molecular weight excluding hydrogens is 270 g/mol. The zero-order valence-corrected chi connectivity index (χ0v) is 10.6. The minimum absolute atomic E-state index is 0.0943. The second kappa shape index (κ2) is 7.30. The van der Waals surface area contributed by atoms with Gasteiger partial charge in [0.15, 0.2) is 0 Å². The van der Waals surface area contributed by atoms with Crippen molar-refractivity contribution in [1.82, 2.24) is 5.32 Å². The molecule has 19 heavy (non-hydrogen) atoms. The molecule has 1 atom stereocenters. The highest BCUT2D eigenvalue weighted by Gasteiger charge is 2.48. The molecule has 0 saturated carbocycles. The van der Waals surface area contributed by atoms with Crippen LogP contribution in [0.2, 0.25) is 0 Å². The van der Waals surface area contributed by atoms with Crippen molar-refractivity contribution in [3.8, 4) is 0 Å². The lowest BCUT2D eigenvalue weighted by atomic mass is 9.94. The first-order valence-corrected chi connectivity index (χ1v) is 5.73. The smallest absolute Gasteiger partial charge is 0.383 e. The van der Waals surface area contributed by atoms with E-state index in [1.54, 1.807) is 19.2 Å². The van der Waals surface area contributed by atoms with E-state index in [0.717, 1.165) is 0 Å². The Labute approximate surface area is 108 Å². The van der Waals surface area contributed by atoms with E-state index in [2.05, 4.69) is 0 Å². The first-order chi connectivity index (χ1) is 8.57. The predicted octanol–water partition coefficient (Wildman–Crippen LogP) is 2.14. The number of aliphatic carboxylic acids is 1. The molecule has 4 nitrogen and oxygen atoms in total. The van der Waals surface area contributed by atoms with E-state index in [1.165, 1.54) is 0 Å². The summed E-state index contributed by atoms with van der Waals surface area (Å²) < 4.78 is 49.1. The van der Waals surface area contributed by atoms with Crippen molar-refractivity contribution in [2.24, 2.45) is 11.8 Å². The Morgan fingerprint density at radius 1 is 1.26 bits per heavy atom. The van der Waals surface area contributed by atoms with Crippen molar-refractivity contribution in [2.75, 3.05) is 6.54 Å². The van der Waals surface area contributed by atoms with E-state index in [4.69, 9.17) is 5.11 Å². The molecule has 0 heterocycles. The number of hydrogen-bond acceptors (Lipinski definition) is 2. The lowest BCUT2D eigenvalue weighted by Gasteiger charge is -2.20. The van der Waals surface area contributed by atoms with Gasteiger partial charge in [-0.2, -0.15) is 8.78 Å². The van der Waals surface area contributed by atoms with Crippen molar-refractivity contribution >= 4 is 11.9 Å². The molecule has 0 rings (SSSR count). The molecule has 0 bridgehead atoms.